The first-order chi connectivity index (χ1) is 11.1. The summed E-state index contributed by atoms with van der Waals surface area (Å²) >= 11 is 0. The van der Waals surface area contributed by atoms with Crippen LogP contribution in [0.3, 0.4) is 0 Å². The van der Waals surface area contributed by atoms with Crippen molar-refractivity contribution in [3.63, 3.8) is 0 Å². The molecule has 0 unspecified atom stereocenters. The Bertz CT molecular complexity index is 860. The van der Waals surface area contributed by atoms with Gasteiger partial charge in [0.15, 0.2) is 0 Å². The van der Waals surface area contributed by atoms with Crippen LogP contribution in [0.15, 0.2) is 36.8 Å². The van der Waals surface area contributed by atoms with Crippen molar-refractivity contribution in [3.8, 4) is 0 Å². The maximum absolute atomic E-state index is 14.1. The van der Waals surface area contributed by atoms with Crippen molar-refractivity contribution in [2.75, 3.05) is 5.32 Å². The van der Waals surface area contributed by atoms with Gasteiger partial charge in [0.2, 0.25) is 0 Å². The topological polar surface area (TPSA) is 42.7 Å². The third-order valence-electron chi connectivity index (χ3n) is 4.54. The second-order valence-electron chi connectivity index (χ2n) is 6.40. The highest BCUT2D eigenvalue weighted by Gasteiger charge is 2.43. The Morgan fingerprint density at radius 2 is 1.96 bits per heavy atom. The molecule has 0 radical (unpaired) electrons. The van der Waals surface area contributed by atoms with Crippen molar-refractivity contribution in [2.24, 2.45) is 0 Å². The van der Waals surface area contributed by atoms with E-state index in [-0.39, 0.29) is 0 Å². The number of halogens is 1. The maximum atomic E-state index is 14.1. The summed E-state index contributed by atoms with van der Waals surface area (Å²) in [5, 5.41) is 4.39. The van der Waals surface area contributed by atoms with E-state index in [1.807, 2.05) is 42.8 Å². The Kier molecular flexibility index (Phi) is 3.11. The fraction of sp³-hybridized carbons (Fsp3) is 0.333. The second kappa shape index (κ2) is 5.05. The molecule has 1 fully saturated rings. The molecule has 0 spiro atoms. The molecule has 0 bridgehead atoms. The van der Waals surface area contributed by atoms with E-state index in [1.54, 1.807) is 12.4 Å². The lowest BCUT2D eigenvalue weighted by atomic mass is 10.2. The van der Waals surface area contributed by atoms with Gasteiger partial charge in [-0.25, -0.2) is 9.37 Å². The Hall–Kier alpha value is -2.43. The largest absolute Gasteiger partial charge is 0.344 e. The molecule has 5 heteroatoms. The minimum atomic E-state index is -1.01. The first-order valence-corrected chi connectivity index (χ1v) is 7.88. The molecular formula is C18H19FN4. The SMILES string of the molecule is Cc1ccnc(C)c1Nc1nccc2c1ccn2CC1(F)CC1. The molecule has 0 aliphatic heterocycles. The number of anilines is 2. The molecule has 0 saturated heterocycles. The van der Waals surface area contributed by atoms with Crippen LogP contribution in [0.2, 0.25) is 0 Å². The van der Waals surface area contributed by atoms with Gasteiger partial charge >= 0.3 is 0 Å². The molecule has 1 aliphatic rings. The minimum absolute atomic E-state index is 0.422. The van der Waals surface area contributed by atoms with Gasteiger partial charge in [-0.3, -0.25) is 4.98 Å². The van der Waals surface area contributed by atoms with E-state index in [2.05, 4.69) is 15.3 Å². The average Bonchev–Trinajstić information content (AvgIpc) is 3.11. The summed E-state index contributed by atoms with van der Waals surface area (Å²) < 4.78 is 16.1. The number of aromatic nitrogens is 3. The van der Waals surface area contributed by atoms with Gasteiger partial charge in [-0.1, -0.05) is 0 Å². The van der Waals surface area contributed by atoms with Gasteiger partial charge in [0, 0.05) is 24.0 Å². The summed E-state index contributed by atoms with van der Waals surface area (Å²) in [6, 6.07) is 5.91. The van der Waals surface area contributed by atoms with Crippen LogP contribution in [0.25, 0.3) is 10.9 Å². The highest BCUT2D eigenvalue weighted by atomic mass is 19.1. The van der Waals surface area contributed by atoms with Crippen molar-refractivity contribution in [2.45, 2.75) is 38.9 Å². The number of pyridine rings is 2. The Balaban J connectivity index is 1.73. The van der Waals surface area contributed by atoms with Gasteiger partial charge < -0.3 is 9.88 Å². The summed E-state index contributed by atoms with van der Waals surface area (Å²) in [5.41, 5.74) is 3.02. The first kappa shape index (κ1) is 14.2. The molecular weight excluding hydrogens is 291 g/mol. The van der Waals surface area contributed by atoms with E-state index < -0.39 is 5.67 Å². The Labute approximate surface area is 134 Å². The van der Waals surface area contributed by atoms with Gasteiger partial charge in [0.1, 0.15) is 11.5 Å². The number of hydrogen-bond acceptors (Lipinski definition) is 3. The molecule has 3 heterocycles. The zero-order valence-electron chi connectivity index (χ0n) is 13.3. The lowest BCUT2D eigenvalue weighted by Gasteiger charge is -2.13. The zero-order valence-corrected chi connectivity index (χ0v) is 13.3. The number of hydrogen-bond donors (Lipinski definition) is 1. The number of nitrogens with one attached hydrogen (secondary N) is 1. The minimum Gasteiger partial charge on any atom is -0.344 e. The van der Waals surface area contributed by atoms with E-state index in [4.69, 9.17) is 0 Å². The smallest absolute Gasteiger partial charge is 0.139 e. The average molecular weight is 310 g/mol. The monoisotopic (exact) mass is 310 g/mol. The molecule has 4 nitrogen and oxygen atoms in total. The van der Waals surface area contributed by atoms with E-state index in [0.717, 1.165) is 33.7 Å². The molecule has 0 atom stereocenters. The van der Waals surface area contributed by atoms with Crippen LogP contribution in [0, 0.1) is 13.8 Å². The van der Waals surface area contributed by atoms with Crippen LogP contribution < -0.4 is 5.32 Å². The maximum Gasteiger partial charge on any atom is 0.139 e. The van der Waals surface area contributed by atoms with Crippen molar-refractivity contribution >= 4 is 22.4 Å². The molecule has 0 amide bonds. The van der Waals surface area contributed by atoms with E-state index >= 15 is 0 Å². The second-order valence-corrected chi connectivity index (χ2v) is 6.40. The van der Waals surface area contributed by atoms with Gasteiger partial charge in [0.05, 0.1) is 23.4 Å². The lowest BCUT2D eigenvalue weighted by Crippen LogP contribution is -2.11. The lowest BCUT2D eigenvalue weighted by molar-refractivity contribution is 0.274. The summed E-state index contributed by atoms with van der Waals surface area (Å²) in [4.78, 5) is 8.80. The molecule has 1 saturated carbocycles. The van der Waals surface area contributed by atoms with Crippen molar-refractivity contribution in [1.82, 2.24) is 14.5 Å². The number of nitrogens with zero attached hydrogens (tertiary/aromatic N) is 3. The predicted molar refractivity (Wildman–Crippen MR) is 89.8 cm³/mol. The Morgan fingerprint density at radius 1 is 1.17 bits per heavy atom. The van der Waals surface area contributed by atoms with E-state index in [0.29, 0.717) is 19.4 Å². The number of alkyl halides is 1. The van der Waals surface area contributed by atoms with Gasteiger partial charge in [-0.05, 0) is 50.5 Å². The predicted octanol–water partition coefficient (Wildman–Crippen LogP) is 4.29. The van der Waals surface area contributed by atoms with Crippen LogP contribution >= 0.6 is 0 Å². The van der Waals surface area contributed by atoms with E-state index in [9.17, 15) is 4.39 Å². The van der Waals surface area contributed by atoms with Crippen LogP contribution in [0.4, 0.5) is 15.9 Å². The van der Waals surface area contributed by atoms with Crippen LogP contribution in [-0.2, 0) is 6.54 Å². The fourth-order valence-electron chi connectivity index (χ4n) is 2.96. The molecule has 3 aromatic heterocycles. The van der Waals surface area contributed by atoms with E-state index in [1.165, 1.54) is 0 Å². The van der Waals surface area contributed by atoms with Crippen molar-refractivity contribution in [3.05, 3.63) is 48.0 Å². The molecule has 3 aromatic rings. The molecule has 1 N–H and O–H groups in total. The van der Waals surface area contributed by atoms with Gasteiger partial charge in [-0.2, -0.15) is 0 Å². The van der Waals surface area contributed by atoms with Crippen LogP contribution in [0.1, 0.15) is 24.1 Å². The Morgan fingerprint density at radius 3 is 2.70 bits per heavy atom. The quantitative estimate of drug-likeness (QED) is 0.781. The van der Waals surface area contributed by atoms with Crippen molar-refractivity contribution in [1.29, 1.82) is 0 Å². The summed E-state index contributed by atoms with van der Waals surface area (Å²) in [5.74, 6) is 0.782. The van der Waals surface area contributed by atoms with Crippen LogP contribution in [0.5, 0.6) is 0 Å². The standard InChI is InChI=1S/C18H19FN4/c1-12-3-8-20-13(2)16(12)22-17-14-5-10-23(11-18(19)6-7-18)15(14)4-9-21-17/h3-5,8-10H,6-7,11H2,1-2H3,(H,21,22). The summed E-state index contributed by atoms with van der Waals surface area (Å²) in [6.07, 6.45) is 6.84. The highest BCUT2D eigenvalue weighted by Crippen LogP contribution is 2.42. The molecule has 4 rings (SSSR count). The van der Waals surface area contributed by atoms with Gasteiger partial charge in [-0.15, -0.1) is 0 Å². The summed E-state index contributed by atoms with van der Waals surface area (Å²) in [6.45, 7) is 4.44. The zero-order chi connectivity index (χ0) is 16.0. The molecule has 0 aromatic carbocycles. The molecule has 23 heavy (non-hydrogen) atoms. The van der Waals surface area contributed by atoms with Crippen LogP contribution in [-0.4, -0.2) is 20.2 Å². The molecule has 1 aliphatic carbocycles. The molecule has 118 valence electrons. The number of rotatable bonds is 4. The van der Waals surface area contributed by atoms with Crippen molar-refractivity contribution < 1.29 is 4.39 Å². The highest BCUT2D eigenvalue weighted by molar-refractivity contribution is 5.92. The normalized spacial score (nSPS) is 15.8. The fourth-order valence-corrected chi connectivity index (χ4v) is 2.96. The third-order valence-corrected chi connectivity index (χ3v) is 4.54. The number of fused-ring (bicyclic) bond motifs is 1. The first-order valence-electron chi connectivity index (χ1n) is 7.88. The number of aryl methyl sites for hydroxylation is 2. The summed E-state index contributed by atoms with van der Waals surface area (Å²) in [7, 11) is 0. The van der Waals surface area contributed by atoms with Gasteiger partial charge in [0.25, 0.3) is 0 Å². The third kappa shape index (κ3) is 2.56.